The number of hydrogen-bond acceptors (Lipinski definition) is 7. The second kappa shape index (κ2) is 16.8. The van der Waals surface area contributed by atoms with E-state index < -0.39 is 37.6 Å². The van der Waals surface area contributed by atoms with Crippen molar-refractivity contribution in [2.24, 2.45) is 0 Å². The Balaban J connectivity index is 0.000000708. The lowest BCUT2D eigenvalue weighted by Crippen LogP contribution is -2.55. The molecule has 0 saturated carbocycles. The second-order valence-corrected chi connectivity index (χ2v) is 11.2. The summed E-state index contributed by atoms with van der Waals surface area (Å²) < 4.78 is 11.7. The Labute approximate surface area is 234 Å². The maximum absolute atomic E-state index is 13.1. The highest BCUT2D eigenvalue weighted by molar-refractivity contribution is 7.51. The Morgan fingerprint density at radius 2 is 1.70 bits per heavy atom. The summed E-state index contributed by atoms with van der Waals surface area (Å²) in [6, 6.07) is 9.45. The van der Waals surface area contributed by atoms with Crippen molar-refractivity contribution in [3.63, 3.8) is 0 Å². The quantitative estimate of drug-likeness (QED) is 0.235. The summed E-state index contributed by atoms with van der Waals surface area (Å²) in [6.45, 7) is 5.99. The van der Waals surface area contributed by atoms with Crippen LogP contribution >= 0.6 is 7.60 Å². The number of aryl methyl sites for hydroxylation is 1. The highest BCUT2D eigenvalue weighted by Gasteiger charge is 2.33. The maximum atomic E-state index is 13.1. The number of rotatable bonds is 12. The summed E-state index contributed by atoms with van der Waals surface area (Å²) >= 11 is 0. The van der Waals surface area contributed by atoms with Gasteiger partial charge in [-0.15, -0.1) is 0 Å². The Kier molecular flexibility index (Phi) is 13.9. The number of carbonyl (C=O) groups is 3. The number of aliphatic carboxylic acids is 1. The average molecular weight is 578 g/mol. The fourth-order valence-electron chi connectivity index (χ4n) is 3.91. The van der Waals surface area contributed by atoms with Gasteiger partial charge in [0.2, 0.25) is 5.91 Å². The van der Waals surface area contributed by atoms with Gasteiger partial charge in [0.15, 0.2) is 5.82 Å². The SMILES string of the molecule is CCCCC(=O)O.CCCCc1cc(C(=O)NC(CP(=O)(O)O)C(=O)N2CCNCC2)nc(-c2ccccc2)n1. The van der Waals surface area contributed by atoms with E-state index in [4.69, 9.17) is 5.11 Å². The number of carboxylic acid groups (broad SMARTS) is 1. The Bertz CT molecular complexity index is 1150. The predicted octanol–water partition coefficient (Wildman–Crippen LogP) is 2.46. The third-order valence-corrected chi connectivity index (χ3v) is 6.87. The van der Waals surface area contributed by atoms with Crippen LogP contribution in [-0.2, 0) is 20.6 Å². The van der Waals surface area contributed by atoms with Crippen LogP contribution < -0.4 is 10.6 Å². The van der Waals surface area contributed by atoms with Crippen LogP contribution in [0.2, 0.25) is 0 Å². The van der Waals surface area contributed by atoms with E-state index in [1.165, 1.54) is 4.90 Å². The van der Waals surface area contributed by atoms with Crippen LogP contribution in [-0.4, -0.2) is 85.9 Å². The molecule has 12 nitrogen and oxygen atoms in total. The summed E-state index contributed by atoms with van der Waals surface area (Å²) in [5.41, 5.74) is 1.49. The van der Waals surface area contributed by atoms with Gasteiger partial charge in [0.05, 0.1) is 6.16 Å². The van der Waals surface area contributed by atoms with Crippen LogP contribution in [0.15, 0.2) is 36.4 Å². The maximum Gasteiger partial charge on any atom is 0.328 e. The third-order valence-electron chi connectivity index (χ3n) is 6.03. The minimum Gasteiger partial charge on any atom is -0.481 e. The van der Waals surface area contributed by atoms with Crippen molar-refractivity contribution >= 4 is 25.4 Å². The largest absolute Gasteiger partial charge is 0.481 e. The molecule has 220 valence electrons. The van der Waals surface area contributed by atoms with Gasteiger partial charge in [-0.2, -0.15) is 0 Å². The second-order valence-electron chi connectivity index (χ2n) is 9.48. The van der Waals surface area contributed by atoms with Crippen molar-refractivity contribution in [2.45, 2.75) is 58.4 Å². The lowest BCUT2D eigenvalue weighted by Gasteiger charge is -2.31. The molecule has 0 spiro atoms. The van der Waals surface area contributed by atoms with Gasteiger partial charge in [-0.25, -0.2) is 9.97 Å². The van der Waals surface area contributed by atoms with Crippen molar-refractivity contribution in [1.29, 1.82) is 0 Å². The molecule has 1 aromatic heterocycles. The van der Waals surface area contributed by atoms with E-state index in [0.717, 1.165) is 31.2 Å². The molecule has 0 bridgehead atoms. The molecular weight excluding hydrogens is 537 g/mol. The first-order chi connectivity index (χ1) is 19.0. The highest BCUT2D eigenvalue weighted by atomic mass is 31.2. The number of benzene rings is 1. The molecule has 1 unspecified atom stereocenters. The van der Waals surface area contributed by atoms with Crippen molar-refractivity contribution < 1.29 is 33.8 Å². The van der Waals surface area contributed by atoms with Gasteiger partial charge in [-0.3, -0.25) is 18.9 Å². The molecule has 2 amide bonds. The minimum absolute atomic E-state index is 0.0544. The number of hydrogen-bond donors (Lipinski definition) is 5. The molecule has 40 heavy (non-hydrogen) atoms. The van der Waals surface area contributed by atoms with Gasteiger partial charge in [0, 0.05) is 43.9 Å². The molecule has 1 aliphatic rings. The van der Waals surface area contributed by atoms with Crippen LogP contribution in [0.4, 0.5) is 0 Å². The van der Waals surface area contributed by atoms with Crippen molar-refractivity contribution in [2.75, 3.05) is 32.3 Å². The normalized spacial score (nSPS) is 14.1. The Morgan fingerprint density at radius 1 is 1.05 bits per heavy atom. The zero-order valence-electron chi connectivity index (χ0n) is 23.1. The predicted molar refractivity (Wildman–Crippen MR) is 151 cm³/mol. The van der Waals surface area contributed by atoms with Crippen molar-refractivity contribution in [3.05, 3.63) is 47.8 Å². The zero-order chi connectivity index (χ0) is 29.5. The smallest absolute Gasteiger partial charge is 0.328 e. The Morgan fingerprint density at radius 3 is 2.25 bits per heavy atom. The number of unbranched alkanes of at least 4 members (excludes halogenated alkanes) is 2. The molecule has 2 heterocycles. The van der Waals surface area contributed by atoms with Gasteiger partial charge in [-0.1, -0.05) is 57.0 Å². The first kappa shape index (κ1) is 33.0. The van der Waals surface area contributed by atoms with Crippen molar-refractivity contribution in [1.82, 2.24) is 25.5 Å². The van der Waals surface area contributed by atoms with Crippen LogP contribution in [0, 0.1) is 0 Å². The molecule has 0 aliphatic carbocycles. The fourth-order valence-corrected chi connectivity index (χ4v) is 4.63. The summed E-state index contributed by atoms with van der Waals surface area (Å²) in [7, 11) is -4.57. The average Bonchev–Trinajstić information content (AvgIpc) is 2.94. The summed E-state index contributed by atoms with van der Waals surface area (Å²) in [6.07, 6.45) is 3.80. The third kappa shape index (κ3) is 11.9. The van der Waals surface area contributed by atoms with Crippen LogP contribution in [0.25, 0.3) is 11.4 Å². The topological polar surface area (TPSA) is 182 Å². The van der Waals surface area contributed by atoms with Gasteiger partial charge in [-0.05, 0) is 25.3 Å². The number of aromatic nitrogens is 2. The number of nitrogens with one attached hydrogen (secondary N) is 2. The monoisotopic (exact) mass is 577 g/mol. The molecule has 3 rings (SSSR count). The Hall–Kier alpha value is -3.18. The van der Waals surface area contributed by atoms with Crippen molar-refractivity contribution in [3.8, 4) is 11.4 Å². The van der Waals surface area contributed by atoms with Gasteiger partial charge >= 0.3 is 13.6 Å². The van der Waals surface area contributed by atoms with E-state index in [9.17, 15) is 28.7 Å². The van der Waals surface area contributed by atoms with Crippen LogP contribution in [0.5, 0.6) is 0 Å². The molecule has 1 fully saturated rings. The first-order valence-electron chi connectivity index (χ1n) is 13.5. The van der Waals surface area contributed by atoms with E-state index in [1.807, 2.05) is 37.3 Å². The molecule has 1 aliphatic heterocycles. The number of carboxylic acids is 1. The van der Waals surface area contributed by atoms with Crippen LogP contribution in [0.1, 0.15) is 62.1 Å². The van der Waals surface area contributed by atoms with E-state index in [-0.39, 0.29) is 5.69 Å². The summed E-state index contributed by atoms with van der Waals surface area (Å²) in [5.74, 6) is -1.50. The molecule has 1 saturated heterocycles. The summed E-state index contributed by atoms with van der Waals surface area (Å²) in [4.78, 5) is 65.3. The minimum atomic E-state index is -4.57. The van der Waals surface area contributed by atoms with Crippen LogP contribution in [0.3, 0.4) is 0 Å². The van der Waals surface area contributed by atoms with E-state index in [0.29, 0.717) is 50.5 Å². The molecule has 1 atom stereocenters. The van der Waals surface area contributed by atoms with Gasteiger partial charge < -0.3 is 30.4 Å². The number of nitrogens with zero attached hydrogens (tertiary/aromatic N) is 3. The molecular formula is C27H40N5O7P. The zero-order valence-corrected chi connectivity index (χ0v) is 24.0. The lowest BCUT2D eigenvalue weighted by molar-refractivity contribution is -0.137. The number of amides is 2. The van der Waals surface area contributed by atoms with Gasteiger partial charge in [0.25, 0.3) is 5.91 Å². The standard InChI is InChI=1S/C22H30N5O5P.C5H10O2/c1-2-3-9-17-14-18(25-20(24-17)16-7-5-4-6-8-16)21(28)26-19(15-33(30,31)32)22(29)27-12-10-23-11-13-27;1-2-3-4-5(6)7/h4-8,14,19,23H,2-3,9-13,15H2,1H3,(H,26,28)(H2,30,31,32);2-4H2,1H3,(H,6,7). The van der Waals surface area contributed by atoms with E-state index in [1.54, 1.807) is 6.07 Å². The lowest BCUT2D eigenvalue weighted by atomic mass is 10.1. The summed E-state index contributed by atoms with van der Waals surface area (Å²) in [5, 5.41) is 13.7. The number of piperazine rings is 1. The first-order valence-corrected chi connectivity index (χ1v) is 15.3. The van der Waals surface area contributed by atoms with Gasteiger partial charge in [0.1, 0.15) is 11.7 Å². The molecule has 1 aromatic carbocycles. The molecule has 5 N–H and O–H groups in total. The number of carbonyl (C=O) groups excluding carboxylic acids is 2. The van der Waals surface area contributed by atoms with E-state index >= 15 is 0 Å². The molecule has 2 aromatic rings. The fraction of sp³-hybridized carbons (Fsp3) is 0.519. The molecule has 13 heteroatoms. The van der Waals surface area contributed by atoms with E-state index in [2.05, 4.69) is 27.5 Å². The highest BCUT2D eigenvalue weighted by Crippen LogP contribution is 2.35. The molecule has 0 radical (unpaired) electrons.